The average Bonchev–Trinajstić information content (AvgIpc) is 3.46. The Hall–Kier alpha value is -3.00. The third kappa shape index (κ3) is 3.31. The predicted octanol–water partition coefficient (Wildman–Crippen LogP) is 4.25. The number of aryl methyl sites for hydroxylation is 1. The summed E-state index contributed by atoms with van der Waals surface area (Å²) in [5.41, 5.74) is 3.75. The minimum absolute atomic E-state index is 0.0253. The Morgan fingerprint density at radius 2 is 2.10 bits per heavy atom. The summed E-state index contributed by atoms with van der Waals surface area (Å²) in [5, 5.41) is 6.17. The van der Waals surface area contributed by atoms with Crippen molar-refractivity contribution in [2.75, 3.05) is 19.6 Å². The van der Waals surface area contributed by atoms with Crippen molar-refractivity contribution in [2.24, 2.45) is 0 Å². The summed E-state index contributed by atoms with van der Waals surface area (Å²) in [4.78, 5) is 28.2. The molecule has 1 saturated heterocycles. The smallest absolute Gasteiger partial charge is 0.317 e. The Bertz CT molecular complexity index is 1230. The third-order valence-corrected chi connectivity index (χ3v) is 6.52. The molecular formula is C22H24N6OS. The van der Waals surface area contributed by atoms with Crippen LogP contribution in [0.4, 0.5) is 4.79 Å². The van der Waals surface area contributed by atoms with Crippen molar-refractivity contribution >= 4 is 38.6 Å². The topological polar surface area (TPSA) is 75.9 Å². The second-order valence-corrected chi connectivity index (χ2v) is 8.79. The van der Waals surface area contributed by atoms with Crippen LogP contribution in [0.15, 0.2) is 36.0 Å². The minimum atomic E-state index is 0.0253. The quantitative estimate of drug-likeness (QED) is 0.506. The summed E-state index contributed by atoms with van der Waals surface area (Å²) in [7, 11) is 0. The molecule has 4 heterocycles. The van der Waals surface area contributed by atoms with Crippen molar-refractivity contribution < 1.29 is 4.79 Å². The van der Waals surface area contributed by atoms with Crippen LogP contribution in [0.2, 0.25) is 0 Å². The second kappa shape index (κ2) is 7.68. The number of benzene rings is 1. The molecule has 3 aromatic heterocycles. The molecule has 1 N–H and O–H groups in total. The van der Waals surface area contributed by atoms with Gasteiger partial charge >= 0.3 is 6.03 Å². The van der Waals surface area contributed by atoms with E-state index in [1.54, 1.807) is 11.3 Å². The van der Waals surface area contributed by atoms with Crippen LogP contribution in [0, 0.1) is 0 Å². The highest BCUT2D eigenvalue weighted by atomic mass is 32.1. The van der Waals surface area contributed by atoms with E-state index in [1.165, 1.54) is 10.1 Å². The van der Waals surface area contributed by atoms with E-state index < -0.39 is 0 Å². The normalized spacial score (nSPS) is 14.4. The number of nitrogens with one attached hydrogen (secondary N) is 1. The van der Waals surface area contributed by atoms with Gasteiger partial charge in [-0.3, -0.25) is 0 Å². The number of aromatic nitrogens is 4. The van der Waals surface area contributed by atoms with E-state index in [2.05, 4.69) is 58.4 Å². The van der Waals surface area contributed by atoms with E-state index in [0.29, 0.717) is 0 Å². The van der Waals surface area contributed by atoms with Gasteiger partial charge in [0.1, 0.15) is 5.52 Å². The summed E-state index contributed by atoms with van der Waals surface area (Å²) in [6.07, 6.45) is 3.46. The van der Waals surface area contributed by atoms with Crippen LogP contribution in [-0.2, 0) is 6.42 Å². The number of hydrogen-bond acceptors (Lipinski definition) is 5. The van der Waals surface area contributed by atoms with E-state index in [-0.39, 0.29) is 12.1 Å². The number of carbonyl (C=O) groups is 1. The number of rotatable bonds is 6. The highest BCUT2D eigenvalue weighted by Crippen LogP contribution is 2.33. The summed E-state index contributed by atoms with van der Waals surface area (Å²) >= 11 is 1.71. The lowest BCUT2D eigenvalue weighted by molar-refractivity contribution is 0.217. The minimum Gasteiger partial charge on any atom is -0.336 e. The first-order valence-corrected chi connectivity index (χ1v) is 11.2. The molecule has 0 unspecified atom stereocenters. The van der Waals surface area contributed by atoms with Crippen LogP contribution in [0.3, 0.4) is 0 Å². The van der Waals surface area contributed by atoms with Gasteiger partial charge in [-0.15, -0.1) is 11.3 Å². The van der Waals surface area contributed by atoms with Crippen LogP contribution in [-0.4, -0.2) is 50.1 Å². The maximum atomic E-state index is 11.8. The van der Waals surface area contributed by atoms with Crippen molar-refractivity contribution in [3.63, 3.8) is 0 Å². The highest BCUT2D eigenvalue weighted by molar-refractivity contribution is 7.17. The number of nitrogens with zero attached hydrogens (tertiary/aromatic N) is 5. The molecule has 0 radical (unpaired) electrons. The number of thiophene rings is 1. The monoisotopic (exact) mass is 420 g/mol. The van der Waals surface area contributed by atoms with Gasteiger partial charge in [0.05, 0.1) is 12.0 Å². The van der Waals surface area contributed by atoms with Crippen LogP contribution in [0.1, 0.15) is 32.0 Å². The Kier molecular flexibility index (Phi) is 4.86. The molecule has 154 valence electrons. The Morgan fingerprint density at radius 1 is 1.23 bits per heavy atom. The van der Waals surface area contributed by atoms with E-state index in [0.717, 1.165) is 60.7 Å². The van der Waals surface area contributed by atoms with Crippen molar-refractivity contribution in [1.82, 2.24) is 29.7 Å². The molecule has 30 heavy (non-hydrogen) atoms. The van der Waals surface area contributed by atoms with Gasteiger partial charge in [0.2, 0.25) is 0 Å². The summed E-state index contributed by atoms with van der Waals surface area (Å²) in [6.45, 7) is 6.49. The molecule has 7 nitrogen and oxygen atoms in total. The summed E-state index contributed by atoms with van der Waals surface area (Å²) in [5.74, 6) is 0.747. The van der Waals surface area contributed by atoms with Gasteiger partial charge in [-0.2, -0.15) is 0 Å². The molecule has 0 bridgehead atoms. The number of hydrogen-bond donors (Lipinski definition) is 1. The summed E-state index contributed by atoms with van der Waals surface area (Å²) in [6, 6.07) is 8.65. The lowest BCUT2D eigenvalue weighted by Crippen LogP contribution is -2.29. The van der Waals surface area contributed by atoms with E-state index in [9.17, 15) is 4.79 Å². The fraction of sp³-hybridized carbons (Fsp3) is 0.364. The molecule has 4 aromatic rings. The number of imidazole rings is 1. The first-order valence-electron chi connectivity index (χ1n) is 10.3. The average molecular weight is 421 g/mol. The zero-order valence-corrected chi connectivity index (χ0v) is 17.9. The van der Waals surface area contributed by atoms with Crippen LogP contribution < -0.4 is 5.32 Å². The molecule has 0 aliphatic carbocycles. The van der Waals surface area contributed by atoms with Gasteiger partial charge in [0, 0.05) is 46.7 Å². The Labute approximate surface area is 178 Å². The fourth-order valence-electron chi connectivity index (χ4n) is 3.96. The molecule has 0 atom stereocenters. The molecule has 0 saturated carbocycles. The zero-order chi connectivity index (χ0) is 20.7. The van der Waals surface area contributed by atoms with E-state index in [1.807, 2.05) is 11.2 Å². The molecule has 8 heteroatoms. The van der Waals surface area contributed by atoms with Crippen molar-refractivity contribution in [3.8, 4) is 11.4 Å². The van der Waals surface area contributed by atoms with E-state index in [4.69, 9.17) is 9.97 Å². The van der Waals surface area contributed by atoms with Gasteiger partial charge < -0.3 is 14.8 Å². The molecule has 1 aliphatic rings. The Balaban J connectivity index is 1.54. The summed E-state index contributed by atoms with van der Waals surface area (Å²) < 4.78 is 3.34. The highest BCUT2D eigenvalue weighted by Gasteiger charge is 2.20. The molecule has 1 aromatic carbocycles. The lowest BCUT2D eigenvalue weighted by atomic mass is 10.1. The zero-order valence-electron chi connectivity index (χ0n) is 17.1. The third-order valence-electron chi connectivity index (χ3n) is 5.56. The molecule has 0 spiro atoms. The number of fused-ring (bicyclic) bond motifs is 2. The van der Waals surface area contributed by atoms with Crippen molar-refractivity contribution in [2.45, 2.75) is 32.7 Å². The maximum Gasteiger partial charge on any atom is 0.317 e. The molecule has 5 rings (SSSR count). The molecular weight excluding hydrogens is 396 g/mol. The standard InChI is InChI=1S/C22H24N6OS/c1-14(2)28-13-24-19-17(7-5-10-27-11-9-23-22(27)29)25-20(26-21(19)28)16-12-30-18-8-4-3-6-15(16)18/h3-4,6,8,12-14H,5,7,9-11H2,1-2H3,(H,23,29). The van der Waals surface area contributed by atoms with Gasteiger partial charge in [0.25, 0.3) is 0 Å². The van der Waals surface area contributed by atoms with Crippen LogP contribution >= 0.6 is 11.3 Å². The van der Waals surface area contributed by atoms with Gasteiger partial charge in [-0.25, -0.2) is 19.7 Å². The van der Waals surface area contributed by atoms with Gasteiger partial charge in [-0.1, -0.05) is 18.2 Å². The SMILES string of the molecule is CC(C)n1cnc2c(CCCN3CCNC3=O)nc(-c3csc4ccccc34)nc21. The number of urea groups is 1. The Morgan fingerprint density at radius 3 is 2.90 bits per heavy atom. The van der Waals surface area contributed by atoms with Crippen LogP contribution in [0.25, 0.3) is 32.6 Å². The van der Waals surface area contributed by atoms with Gasteiger partial charge in [-0.05, 0) is 32.8 Å². The van der Waals surface area contributed by atoms with Crippen LogP contribution in [0.5, 0.6) is 0 Å². The largest absolute Gasteiger partial charge is 0.336 e. The predicted molar refractivity (Wildman–Crippen MR) is 120 cm³/mol. The lowest BCUT2D eigenvalue weighted by Gasteiger charge is -2.14. The molecule has 2 amide bonds. The van der Waals surface area contributed by atoms with Crippen molar-refractivity contribution in [1.29, 1.82) is 0 Å². The first-order chi connectivity index (χ1) is 14.6. The fourth-order valence-corrected chi connectivity index (χ4v) is 4.90. The maximum absolute atomic E-state index is 11.8. The van der Waals surface area contributed by atoms with E-state index >= 15 is 0 Å². The number of amides is 2. The van der Waals surface area contributed by atoms with Crippen molar-refractivity contribution in [3.05, 3.63) is 41.7 Å². The first kappa shape index (κ1) is 19.0. The molecule has 1 aliphatic heterocycles. The van der Waals surface area contributed by atoms with Gasteiger partial charge in [0.15, 0.2) is 11.5 Å². The number of carbonyl (C=O) groups excluding carboxylic acids is 1. The second-order valence-electron chi connectivity index (χ2n) is 7.88. The molecule has 1 fully saturated rings.